The van der Waals surface area contributed by atoms with Gasteiger partial charge < -0.3 is 5.32 Å². The molecule has 1 nitrogen and oxygen atoms in total. The van der Waals surface area contributed by atoms with Crippen molar-refractivity contribution < 1.29 is 0 Å². The van der Waals surface area contributed by atoms with Crippen molar-refractivity contribution in [2.45, 2.75) is 0 Å². The fourth-order valence-electron chi connectivity index (χ4n) is 0.283. The molecule has 2 heteroatoms. The van der Waals surface area contributed by atoms with E-state index in [1.807, 2.05) is 6.08 Å². The summed E-state index contributed by atoms with van der Waals surface area (Å²) in [4.78, 5) is 0. The van der Waals surface area contributed by atoms with Crippen LogP contribution in [0.25, 0.3) is 0 Å². The Morgan fingerprint density at radius 1 is 1.71 bits per heavy atom. The lowest BCUT2D eigenvalue weighted by molar-refractivity contribution is 0.808. The first-order valence-corrected chi connectivity index (χ1v) is 2.97. The van der Waals surface area contributed by atoms with Crippen molar-refractivity contribution in [3.05, 3.63) is 12.7 Å². The molecule has 0 rings (SSSR count). The number of nitrogens with one attached hydrogen (secondary N) is 1. The summed E-state index contributed by atoms with van der Waals surface area (Å²) in [5.74, 6) is 0.897. The average Bonchev–Trinajstić information content (AvgIpc) is 1.69. The van der Waals surface area contributed by atoms with E-state index in [1.165, 1.54) is 0 Å². The van der Waals surface area contributed by atoms with Gasteiger partial charge in [-0.05, 0) is 0 Å². The van der Waals surface area contributed by atoms with E-state index in [0.717, 1.165) is 18.8 Å². The predicted molar refractivity (Wildman–Crippen MR) is 36.9 cm³/mol. The van der Waals surface area contributed by atoms with E-state index in [9.17, 15) is 0 Å². The Morgan fingerprint density at radius 3 is 2.86 bits per heavy atom. The normalized spacial score (nSPS) is 8.71. The maximum absolute atomic E-state index is 4.00. The maximum atomic E-state index is 4.00. The molecule has 0 aromatic carbocycles. The van der Waals surface area contributed by atoms with Gasteiger partial charge in [-0.15, -0.1) is 6.58 Å². The lowest BCUT2D eigenvalue weighted by Gasteiger charge is -1.92. The molecule has 0 aliphatic heterocycles. The molecule has 0 radical (unpaired) electrons. The lowest BCUT2D eigenvalue weighted by Crippen LogP contribution is -2.15. The van der Waals surface area contributed by atoms with Crippen LogP contribution in [-0.2, 0) is 0 Å². The van der Waals surface area contributed by atoms with E-state index in [-0.39, 0.29) is 0 Å². The Bertz CT molecular complexity index is 45.3. The maximum Gasteiger partial charge on any atom is 0.0132 e. The SMILES string of the molecule is C=CCNCCS. The van der Waals surface area contributed by atoms with Gasteiger partial charge in [0.2, 0.25) is 0 Å². The number of hydrogen-bond acceptors (Lipinski definition) is 2. The number of hydrogen-bond donors (Lipinski definition) is 2. The minimum atomic E-state index is 0.889. The molecule has 1 N–H and O–H groups in total. The molecule has 0 unspecified atom stereocenters. The van der Waals surface area contributed by atoms with E-state index in [4.69, 9.17) is 0 Å². The van der Waals surface area contributed by atoms with E-state index in [2.05, 4.69) is 24.5 Å². The molecule has 0 amide bonds. The van der Waals surface area contributed by atoms with Crippen LogP contribution < -0.4 is 5.32 Å². The summed E-state index contributed by atoms with van der Waals surface area (Å²) < 4.78 is 0. The Morgan fingerprint density at radius 2 is 2.43 bits per heavy atom. The van der Waals surface area contributed by atoms with Crippen molar-refractivity contribution in [1.29, 1.82) is 0 Å². The topological polar surface area (TPSA) is 12.0 Å². The summed E-state index contributed by atoms with van der Waals surface area (Å²) >= 11 is 4.00. The van der Waals surface area contributed by atoms with Crippen molar-refractivity contribution in [1.82, 2.24) is 5.32 Å². The van der Waals surface area contributed by atoms with Crippen LogP contribution in [0.5, 0.6) is 0 Å². The smallest absolute Gasteiger partial charge is 0.0132 e. The zero-order valence-electron chi connectivity index (χ0n) is 4.35. The summed E-state index contributed by atoms with van der Waals surface area (Å²) in [5, 5.41) is 3.09. The third-order valence-electron chi connectivity index (χ3n) is 0.577. The molecule has 0 fully saturated rings. The highest BCUT2D eigenvalue weighted by Crippen LogP contribution is 1.66. The minimum Gasteiger partial charge on any atom is -0.312 e. The molecule has 0 saturated carbocycles. The predicted octanol–water partition coefficient (Wildman–Crippen LogP) is 0.692. The Hall–Kier alpha value is 0.0500. The van der Waals surface area contributed by atoms with Gasteiger partial charge in [-0.1, -0.05) is 6.08 Å². The molecule has 0 aliphatic carbocycles. The molecule has 0 aromatic rings. The summed E-state index contributed by atoms with van der Waals surface area (Å²) in [6.07, 6.45) is 1.84. The summed E-state index contributed by atoms with van der Waals surface area (Å²) in [6, 6.07) is 0. The van der Waals surface area contributed by atoms with Gasteiger partial charge in [-0.25, -0.2) is 0 Å². The highest BCUT2D eigenvalue weighted by atomic mass is 32.1. The standard InChI is InChI=1S/C5H11NS/c1-2-3-6-4-5-7/h2,6-7H,1,3-5H2. The first-order chi connectivity index (χ1) is 3.41. The van der Waals surface area contributed by atoms with Crippen molar-refractivity contribution in [2.75, 3.05) is 18.8 Å². The fraction of sp³-hybridized carbons (Fsp3) is 0.600. The van der Waals surface area contributed by atoms with Crippen LogP contribution in [0, 0.1) is 0 Å². The van der Waals surface area contributed by atoms with Gasteiger partial charge in [-0.3, -0.25) is 0 Å². The molecule has 0 bridgehead atoms. The van der Waals surface area contributed by atoms with E-state index < -0.39 is 0 Å². The number of thiol groups is 1. The fourth-order valence-corrected chi connectivity index (χ4v) is 0.441. The van der Waals surface area contributed by atoms with Crippen molar-refractivity contribution in [3.8, 4) is 0 Å². The third kappa shape index (κ3) is 6.05. The van der Waals surface area contributed by atoms with Crippen molar-refractivity contribution in [3.63, 3.8) is 0 Å². The largest absolute Gasteiger partial charge is 0.312 e. The minimum absolute atomic E-state index is 0.889. The molecule has 42 valence electrons. The first-order valence-electron chi connectivity index (χ1n) is 2.34. The van der Waals surface area contributed by atoms with Gasteiger partial charge in [-0.2, -0.15) is 12.6 Å². The molecule has 0 aliphatic rings. The average molecular weight is 117 g/mol. The molecule has 0 heterocycles. The summed E-state index contributed by atoms with van der Waals surface area (Å²) in [7, 11) is 0. The highest BCUT2D eigenvalue weighted by molar-refractivity contribution is 7.80. The second kappa shape index (κ2) is 6.05. The van der Waals surface area contributed by atoms with Gasteiger partial charge in [0.25, 0.3) is 0 Å². The van der Waals surface area contributed by atoms with Gasteiger partial charge in [0, 0.05) is 18.8 Å². The Kier molecular flexibility index (Phi) is 6.09. The Balaban J connectivity index is 2.56. The second-order valence-corrected chi connectivity index (χ2v) is 1.66. The van der Waals surface area contributed by atoms with E-state index in [1.54, 1.807) is 0 Å². The van der Waals surface area contributed by atoms with Gasteiger partial charge in [0.15, 0.2) is 0 Å². The van der Waals surface area contributed by atoms with Crippen molar-refractivity contribution >= 4 is 12.6 Å². The van der Waals surface area contributed by atoms with Crippen LogP contribution in [-0.4, -0.2) is 18.8 Å². The summed E-state index contributed by atoms with van der Waals surface area (Å²) in [6.45, 7) is 5.40. The molecular formula is C5H11NS. The monoisotopic (exact) mass is 117 g/mol. The molecule has 0 atom stereocenters. The van der Waals surface area contributed by atoms with Crippen molar-refractivity contribution in [2.24, 2.45) is 0 Å². The lowest BCUT2D eigenvalue weighted by atomic mass is 10.6. The van der Waals surface area contributed by atoms with Gasteiger partial charge in [0.05, 0.1) is 0 Å². The van der Waals surface area contributed by atoms with Crippen LogP contribution >= 0.6 is 12.6 Å². The third-order valence-corrected chi connectivity index (χ3v) is 0.801. The van der Waals surface area contributed by atoms with E-state index >= 15 is 0 Å². The first kappa shape index (κ1) is 7.05. The molecule has 0 spiro atoms. The van der Waals surface area contributed by atoms with Crippen LogP contribution in [0.15, 0.2) is 12.7 Å². The molecule has 7 heavy (non-hydrogen) atoms. The quantitative estimate of drug-likeness (QED) is 0.314. The van der Waals surface area contributed by atoms with Crippen LogP contribution in [0.1, 0.15) is 0 Å². The van der Waals surface area contributed by atoms with Crippen LogP contribution in [0.2, 0.25) is 0 Å². The zero-order valence-corrected chi connectivity index (χ0v) is 5.25. The second-order valence-electron chi connectivity index (χ2n) is 1.22. The zero-order chi connectivity index (χ0) is 5.54. The van der Waals surface area contributed by atoms with Gasteiger partial charge in [0.1, 0.15) is 0 Å². The number of rotatable bonds is 4. The van der Waals surface area contributed by atoms with Crippen LogP contribution in [0.4, 0.5) is 0 Å². The summed E-state index contributed by atoms with van der Waals surface area (Å²) in [5.41, 5.74) is 0. The molecule has 0 saturated heterocycles. The van der Waals surface area contributed by atoms with E-state index in [0.29, 0.717) is 0 Å². The van der Waals surface area contributed by atoms with Gasteiger partial charge >= 0.3 is 0 Å². The van der Waals surface area contributed by atoms with Crippen LogP contribution in [0.3, 0.4) is 0 Å². The highest BCUT2D eigenvalue weighted by Gasteiger charge is 1.74. The molecular weight excluding hydrogens is 106 g/mol. The Labute approximate surface area is 50.2 Å². The molecule has 0 aromatic heterocycles.